The third kappa shape index (κ3) is 1.76. The molecule has 2 N–H and O–H groups in total. The van der Waals surface area contributed by atoms with Gasteiger partial charge in [0.05, 0.1) is 11.4 Å². The maximum absolute atomic E-state index is 10.00. The van der Waals surface area contributed by atoms with Gasteiger partial charge in [0, 0.05) is 11.5 Å². The summed E-state index contributed by atoms with van der Waals surface area (Å²) in [6, 6.07) is 11.9. The van der Waals surface area contributed by atoms with Gasteiger partial charge in [-0.3, -0.25) is 0 Å². The molecular formula is C15H13N3O. The first kappa shape index (κ1) is 10.6. The summed E-state index contributed by atoms with van der Waals surface area (Å²) in [5.74, 6) is 1.38. The number of nitrogens with zero attached hydrogens (tertiary/aromatic N) is 2. The van der Waals surface area contributed by atoms with Crippen LogP contribution in [0.25, 0.3) is 22.6 Å². The Labute approximate surface area is 110 Å². The lowest BCUT2D eigenvalue weighted by atomic mass is 10.1. The summed E-state index contributed by atoms with van der Waals surface area (Å²) in [4.78, 5) is 12.0. The van der Waals surface area contributed by atoms with Crippen LogP contribution in [0.3, 0.4) is 0 Å². The van der Waals surface area contributed by atoms with Gasteiger partial charge in [0.1, 0.15) is 11.5 Å². The van der Waals surface area contributed by atoms with Crippen LogP contribution < -0.4 is 0 Å². The summed E-state index contributed by atoms with van der Waals surface area (Å²) in [6.07, 6.45) is 2.29. The lowest BCUT2D eigenvalue weighted by Gasteiger charge is -2.04. The Morgan fingerprint density at radius 3 is 2.63 bits per heavy atom. The highest BCUT2D eigenvalue weighted by Gasteiger charge is 2.28. The van der Waals surface area contributed by atoms with Crippen LogP contribution in [-0.2, 0) is 0 Å². The molecule has 1 fully saturated rings. The fraction of sp³-hybridized carbons (Fsp3) is 0.200. The Morgan fingerprint density at radius 1 is 1.11 bits per heavy atom. The zero-order valence-electron chi connectivity index (χ0n) is 10.3. The minimum absolute atomic E-state index is 0.0258. The van der Waals surface area contributed by atoms with Crippen molar-refractivity contribution in [3.8, 4) is 28.5 Å². The minimum atomic E-state index is 0.0258. The third-order valence-electron chi connectivity index (χ3n) is 3.50. The SMILES string of the molecule is Oc1nc(C2CC2)[nH]c2cc(-c3ccccc3)nc1-2. The van der Waals surface area contributed by atoms with Crippen molar-refractivity contribution in [2.24, 2.45) is 0 Å². The Kier molecular flexibility index (Phi) is 2.12. The number of aromatic hydroxyl groups is 1. The quantitative estimate of drug-likeness (QED) is 0.735. The number of nitrogens with one attached hydrogen (secondary N) is 1. The highest BCUT2D eigenvalue weighted by Crippen LogP contribution is 2.41. The highest BCUT2D eigenvalue weighted by atomic mass is 16.3. The summed E-state index contributed by atoms with van der Waals surface area (Å²) in [7, 11) is 0. The van der Waals surface area contributed by atoms with Gasteiger partial charge in [-0.25, -0.2) is 4.98 Å². The van der Waals surface area contributed by atoms with E-state index in [0.717, 1.165) is 35.6 Å². The van der Waals surface area contributed by atoms with E-state index in [1.54, 1.807) is 0 Å². The molecule has 4 rings (SSSR count). The molecule has 1 aromatic rings. The summed E-state index contributed by atoms with van der Waals surface area (Å²) in [5, 5.41) is 10.00. The summed E-state index contributed by atoms with van der Waals surface area (Å²) < 4.78 is 0. The zero-order chi connectivity index (χ0) is 12.8. The number of H-pyrrole nitrogens is 1. The number of benzene rings is 1. The molecule has 1 aromatic carbocycles. The number of fused-ring (bicyclic) bond motifs is 1. The van der Waals surface area contributed by atoms with E-state index in [0.29, 0.717) is 11.6 Å². The normalized spacial score (nSPS) is 14.9. The van der Waals surface area contributed by atoms with Gasteiger partial charge in [0.15, 0.2) is 0 Å². The first-order valence-corrected chi connectivity index (χ1v) is 6.46. The highest BCUT2D eigenvalue weighted by molar-refractivity contribution is 5.73. The molecule has 0 amide bonds. The van der Waals surface area contributed by atoms with Gasteiger partial charge in [-0.1, -0.05) is 30.3 Å². The number of aromatic amines is 1. The molecule has 4 nitrogen and oxygen atoms in total. The van der Waals surface area contributed by atoms with Crippen molar-refractivity contribution < 1.29 is 5.11 Å². The van der Waals surface area contributed by atoms with Crippen molar-refractivity contribution in [3.63, 3.8) is 0 Å². The van der Waals surface area contributed by atoms with E-state index < -0.39 is 0 Å². The third-order valence-corrected chi connectivity index (χ3v) is 3.50. The summed E-state index contributed by atoms with van der Waals surface area (Å²) >= 11 is 0. The van der Waals surface area contributed by atoms with Gasteiger partial charge < -0.3 is 10.1 Å². The number of hydrogen-bond acceptors (Lipinski definition) is 3. The molecule has 1 aliphatic carbocycles. The van der Waals surface area contributed by atoms with Crippen molar-refractivity contribution in [2.45, 2.75) is 18.8 Å². The molecule has 4 heteroatoms. The van der Waals surface area contributed by atoms with Gasteiger partial charge in [-0.05, 0) is 18.9 Å². The molecule has 2 aliphatic heterocycles. The second-order valence-corrected chi connectivity index (χ2v) is 4.99. The molecule has 0 spiro atoms. The fourth-order valence-electron chi connectivity index (χ4n) is 2.32. The van der Waals surface area contributed by atoms with Gasteiger partial charge in [-0.2, -0.15) is 4.98 Å². The van der Waals surface area contributed by atoms with E-state index in [1.807, 2.05) is 36.4 Å². The molecule has 0 aromatic heterocycles. The maximum Gasteiger partial charge on any atom is 0.241 e. The average molecular weight is 251 g/mol. The van der Waals surface area contributed by atoms with E-state index >= 15 is 0 Å². The zero-order valence-corrected chi connectivity index (χ0v) is 10.3. The van der Waals surface area contributed by atoms with Crippen LogP contribution in [0.5, 0.6) is 5.88 Å². The molecule has 1 saturated carbocycles. The maximum atomic E-state index is 10.00. The standard InChI is InChI=1S/C15H13N3O/c19-15-13-12(17-14(18-15)10-6-7-10)8-11(16-13)9-4-2-1-3-5-9/h1-5,8,10,19H,6-7H2,(H,17,18). The smallest absolute Gasteiger partial charge is 0.241 e. The number of aromatic nitrogens is 3. The average Bonchev–Trinajstić information content (AvgIpc) is 3.19. The monoisotopic (exact) mass is 251 g/mol. The van der Waals surface area contributed by atoms with Crippen molar-refractivity contribution in [1.29, 1.82) is 0 Å². The van der Waals surface area contributed by atoms with E-state index in [2.05, 4.69) is 15.0 Å². The molecule has 0 bridgehead atoms. The molecule has 19 heavy (non-hydrogen) atoms. The van der Waals surface area contributed by atoms with Gasteiger partial charge in [-0.15, -0.1) is 0 Å². The van der Waals surface area contributed by atoms with Gasteiger partial charge >= 0.3 is 0 Å². The van der Waals surface area contributed by atoms with E-state index in [4.69, 9.17) is 0 Å². The second kappa shape index (κ2) is 3.82. The second-order valence-electron chi connectivity index (χ2n) is 4.99. The summed E-state index contributed by atoms with van der Waals surface area (Å²) in [5.41, 5.74) is 3.30. The number of rotatable bonds is 2. The van der Waals surface area contributed by atoms with E-state index in [9.17, 15) is 5.11 Å². The van der Waals surface area contributed by atoms with Crippen LogP contribution in [0.1, 0.15) is 24.6 Å². The van der Waals surface area contributed by atoms with Gasteiger partial charge in [0.25, 0.3) is 0 Å². The number of hydrogen-bond donors (Lipinski definition) is 2. The Bertz CT molecular complexity index is 701. The molecule has 0 atom stereocenters. The first-order valence-electron chi connectivity index (χ1n) is 6.46. The topological polar surface area (TPSA) is 61.8 Å². The van der Waals surface area contributed by atoms with Gasteiger partial charge in [0.2, 0.25) is 5.88 Å². The van der Waals surface area contributed by atoms with Crippen molar-refractivity contribution in [2.75, 3.05) is 0 Å². The van der Waals surface area contributed by atoms with Crippen molar-refractivity contribution >= 4 is 0 Å². The lowest BCUT2D eigenvalue weighted by Crippen LogP contribution is -1.95. The van der Waals surface area contributed by atoms with Crippen LogP contribution in [0.4, 0.5) is 0 Å². The van der Waals surface area contributed by atoms with Crippen LogP contribution in [0.2, 0.25) is 0 Å². The van der Waals surface area contributed by atoms with Crippen molar-refractivity contribution in [3.05, 3.63) is 42.2 Å². The predicted molar refractivity (Wildman–Crippen MR) is 72.1 cm³/mol. The fourth-order valence-corrected chi connectivity index (χ4v) is 2.32. The Morgan fingerprint density at radius 2 is 1.89 bits per heavy atom. The lowest BCUT2D eigenvalue weighted by molar-refractivity contribution is 0.449. The predicted octanol–water partition coefficient (Wildman–Crippen LogP) is 3.16. The molecule has 2 heterocycles. The molecule has 94 valence electrons. The van der Waals surface area contributed by atoms with Crippen LogP contribution >= 0.6 is 0 Å². The molecular weight excluding hydrogens is 238 g/mol. The minimum Gasteiger partial charge on any atom is -0.492 e. The Balaban J connectivity index is 1.87. The van der Waals surface area contributed by atoms with E-state index in [1.165, 1.54) is 0 Å². The first-order chi connectivity index (χ1) is 9.31. The molecule has 0 saturated heterocycles. The van der Waals surface area contributed by atoms with Crippen LogP contribution in [-0.4, -0.2) is 20.1 Å². The largest absolute Gasteiger partial charge is 0.492 e. The van der Waals surface area contributed by atoms with Crippen molar-refractivity contribution in [1.82, 2.24) is 15.0 Å². The molecule has 0 unspecified atom stereocenters. The molecule has 0 radical (unpaired) electrons. The molecule has 3 aliphatic rings. The van der Waals surface area contributed by atoms with Crippen LogP contribution in [0.15, 0.2) is 36.4 Å². The van der Waals surface area contributed by atoms with Crippen LogP contribution in [0, 0.1) is 0 Å². The van der Waals surface area contributed by atoms with E-state index in [-0.39, 0.29) is 5.88 Å². The summed E-state index contributed by atoms with van der Waals surface area (Å²) in [6.45, 7) is 0. The Hall–Kier alpha value is -2.36.